The van der Waals surface area contributed by atoms with Crippen molar-refractivity contribution < 1.29 is 9.18 Å². The van der Waals surface area contributed by atoms with E-state index in [0.717, 1.165) is 32.4 Å². The number of hydrogen-bond donors (Lipinski definition) is 0. The lowest BCUT2D eigenvalue weighted by Gasteiger charge is -2.26. The minimum atomic E-state index is -0.289. The van der Waals surface area contributed by atoms with Crippen LogP contribution >= 0.6 is 0 Å². The second-order valence-corrected chi connectivity index (χ2v) is 5.27. The highest BCUT2D eigenvalue weighted by atomic mass is 19.1. The summed E-state index contributed by atoms with van der Waals surface area (Å²) in [7, 11) is 0. The molecule has 1 aliphatic rings. The molecule has 1 heterocycles. The summed E-state index contributed by atoms with van der Waals surface area (Å²) in [6.07, 6.45) is 5.43. The number of benzene rings is 1. The summed E-state index contributed by atoms with van der Waals surface area (Å²) in [6, 6.07) is 5.93. The van der Waals surface area contributed by atoms with Gasteiger partial charge in [0, 0.05) is 5.56 Å². The summed E-state index contributed by atoms with van der Waals surface area (Å²) in [5.41, 5.74) is 0.634. The molecule has 2 nitrogen and oxygen atoms in total. The number of carbonyl (C=O) groups excluding carboxylic acids is 1. The molecule has 0 unspecified atom stereocenters. The van der Waals surface area contributed by atoms with Gasteiger partial charge in [0.1, 0.15) is 5.82 Å². The number of likely N-dealkylation sites (tertiary alicyclic amines) is 1. The Kier molecular flexibility index (Phi) is 5.08. The molecule has 0 bridgehead atoms. The maximum absolute atomic E-state index is 12.9. The Balaban J connectivity index is 2.11. The van der Waals surface area contributed by atoms with Crippen molar-refractivity contribution >= 4 is 5.78 Å². The van der Waals surface area contributed by atoms with E-state index >= 15 is 0 Å². The monoisotopic (exact) mass is 263 g/mol. The lowest BCUT2D eigenvalue weighted by Crippen LogP contribution is -2.39. The van der Waals surface area contributed by atoms with Crippen molar-refractivity contribution in [1.82, 2.24) is 4.90 Å². The summed E-state index contributed by atoms with van der Waals surface area (Å²) in [5.74, 6) is -0.141. The third kappa shape index (κ3) is 3.63. The predicted octanol–water partition coefficient (Wildman–Crippen LogP) is 3.66. The van der Waals surface area contributed by atoms with E-state index < -0.39 is 0 Å². The summed E-state index contributed by atoms with van der Waals surface area (Å²) in [4.78, 5) is 14.9. The van der Waals surface area contributed by atoms with Crippen LogP contribution in [0.15, 0.2) is 24.3 Å². The Morgan fingerprint density at radius 1 is 1.26 bits per heavy atom. The molecule has 0 saturated carbocycles. The van der Waals surface area contributed by atoms with Crippen LogP contribution in [0.2, 0.25) is 0 Å². The van der Waals surface area contributed by atoms with E-state index in [1.165, 1.54) is 25.0 Å². The molecule has 1 aliphatic heterocycles. The van der Waals surface area contributed by atoms with Crippen LogP contribution in [0.1, 0.15) is 49.4 Å². The maximum atomic E-state index is 12.9. The lowest BCUT2D eigenvalue weighted by molar-refractivity contribution is 0.0835. The molecular weight excluding hydrogens is 241 g/mol. The van der Waals surface area contributed by atoms with E-state index in [1.54, 1.807) is 12.1 Å². The van der Waals surface area contributed by atoms with Crippen molar-refractivity contribution in [3.63, 3.8) is 0 Å². The van der Waals surface area contributed by atoms with Crippen molar-refractivity contribution in [2.45, 2.75) is 45.1 Å². The molecule has 3 heteroatoms. The average molecular weight is 263 g/mol. The Labute approximate surface area is 114 Å². The normalized spacial score (nSPS) is 17.6. The van der Waals surface area contributed by atoms with Crippen LogP contribution in [0.25, 0.3) is 0 Å². The zero-order valence-electron chi connectivity index (χ0n) is 11.6. The number of unbranched alkanes of at least 4 members (excludes halogenated alkanes) is 1. The molecule has 1 aromatic carbocycles. The van der Waals surface area contributed by atoms with Gasteiger partial charge in [-0.25, -0.2) is 4.39 Å². The second kappa shape index (κ2) is 6.80. The summed E-state index contributed by atoms with van der Waals surface area (Å²) < 4.78 is 12.9. The Bertz CT molecular complexity index is 409. The molecule has 104 valence electrons. The maximum Gasteiger partial charge on any atom is 0.179 e. The van der Waals surface area contributed by atoms with Gasteiger partial charge in [-0.15, -0.1) is 0 Å². The number of nitrogens with zero attached hydrogens (tertiary/aromatic N) is 1. The molecule has 0 aliphatic carbocycles. The third-order valence-corrected chi connectivity index (χ3v) is 3.84. The summed E-state index contributed by atoms with van der Waals surface area (Å²) >= 11 is 0. The van der Waals surface area contributed by atoms with Gasteiger partial charge in [0.05, 0.1) is 6.04 Å². The van der Waals surface area contributed by atoms with Crippen molar-refractivity contribution in [1.29, 1.82) is 0 Å². The highest BCUT2D eigenvalue weighted by Crippen LogP contribution is 2.20. The van der Waals surface area contributed by atoms with E-state index in [4.69, 9.17) is 0 Å². The van der Waals surface area contributed by atoms with E-state index in [-0.39, 0.29) is 17.6 Å². The van der Waals surface area contributed by atoms with Crippen molar-refractivity contribution in [3.8, 4) is 0 Å². The van der Waals surface area contributed by atoms with Gasteiger partial charge in [0.25, 0.3) is 0 Å². The van der Waals surface area contributed by atoms with Crippen molar-refractivity contribution in [2.24, 2.45) is 0 Å². The van der Waals surface area contributed by atoms with Gasteiger partial charge in [-0.1, -0.05) is 19.8 Å². The van der Waals surface area contributed by atoms with Gasteiger partial charge in [0.2, 0.25) is 0 Å². The first-order valence-electron chi connectivity index (χ1n) is 7.26. The second-order valence-electron chi connectivity index (χ2n) is 5.27. The number of carbonyl (C=O) groups is 1. The van der Waals surface area contributed by atoms with Crippen LogP contribution in [0.4, 0.5) is 4.39 Å². The fraction of sp³-hybridized carbons (Fsp3) is 0.562. The highest BCUT2D eigenvalue weighted by molar-refractivity contribution is 6.00. The van der Waals surface area contributed by atoms with Gasteiger partial charge in [-0.3, -0.25) is 9.69 Å². The van der Waals surface area contributed by atoms with Gasteiger partial charge < -0.3 is 0 Å². The van der Waals surface area contributed by atoms with Crippen LogP contribution in [-0.2, 0) is 0 Å². The first-order chi connectivity index (χ1) is 9.22. The fourth-order valence-electron chi connectivity index (χ4n) is 2.74. The quantitative estimate of drug-likeness (QED) is 0.730. The number of rotatable bonds is 6. The Morgan fingerprint density at radius 2 is 1.89 bits per heavy atom. The minimum absolute atomic E-state index is 0.0205. The molecule has 0 N–H and O–H groups in total. The molecule has 0 aromatic heterocycles. The highest BCUT2D eigenvalue weighted by Gasteiger charge is 2.28. The molecular formula is C16H22FNO. The molecule has 1 aromatic rings. The predicted molar refractivity (Wildman–Crippen MR) is 74.9 cm³/mol. The van der Waals surface area contributed by atoms with E-state index in [2.05, 4.69) is 11.8 Å². The lowest BCUT2D eigenvalue weighted by atomic mass is 9.98. The molecule has 1 saturated heterocycles. The number of halogens is 1. The molecule has 0 radical (unpaired) electrons. The summed E-state index contributed by atoms with van der Waals surface area (Å²) in [6.45, 7) is 4.17. The smallest absolute Gasteiger partial charge is 0.179 e. The third-order valence-electron chi connectivity index (χ3n) is 3.84. The topological polar surface area (TPSA) is 20.3 Å². The number of hydrogen-bond acceptors (Lipinski definition) is 2. The average Bonchev–Trinajstić information content (AvgIpc) is 2.94. The molecule has 0 spiro atoms. The summed E-state index contributed by atoms with van der Waals surface area (Å²) in [5, 5.41) is 0. The zero-order chi connectivity index (χ0) is 13.7. The van der Waals surface area contributed by atoms with Gasteiger partial charge in [0.15, 0.2) is 5.78 Å². The van der Waals surface area contributed by atoms with Gasteiger partial charge in [-0.2, -0.15) is 0 Å². The number of ketones is 1. The van der Waals surface area contributed by atoms with Crippen molar-refractivity contribution in [2.75, 3.05) is 13.1 Å². The minimum Gasteiger partial charge on any atom is -0.293 e. The number of Topliss-reactive ketones (excluding diaryl/α,β-unsaturated/α-hetero) is 1. The standard InChI is InChI=1S/C16H22FNO/c1-2-3-6-15(18-11-4-5-12-18)16(19)13-7-9-14(17)10-8-13/h7-10,15H,2-6,11-12H2,1H3/t15-/m0/s1. The van der Waals surface area contributed by atoms with Crippen LogP contribution in [0.3, 0.4) is 0 Å². The van der Waals surface area contributed by atoms with Crippen molar-refractivity contribution in [3.05, 3.63) is 35.6 Å². The first-order valence-corrected chi connectivity index (χ1v) is 7.26. The van der Waals surface area contributed by atoms with Gasteiger partial charge in [-0.05, 0) is 56.6 Å². The molecule has 1 atom stereocenters. The first kappa shape index (κ1) is 14.2. The Morgan fingerprint density at radius 3 is 2.47 bits per heavy atom. The molecule has 2 rings (SSSR count). The molecule has 1 fully saturated rings. The van der Waals surface area contributed by atoms with E-state index in [9.17, 15) is 9.18 Å². The fourth-order valence-corrected chi connectivity index (χ4v) is 2.74. The Hall–Kier alpha value is -1.22. The van der Waals surface area contributed by atoms with Crippen LogP contribution < -0.4 is 0 Å². The van der Waals surface area contributed by atoms with E-state index in [1.807, 2.05) is 0 Å². The zero-order valence-corrected chi connectivity index (χ0v) is 11.6. The van der Waals surface area contributed by atoms with Crippen LogP contribution in [0.5, 0.6) is 0 Å². The van der Waals surface area contributed by atoms with Gasteiger partial charge >= 0.3 is 0 Å². The van der Waals surface area contributed by atoms with E-state index in [0.29, 0.717) is 5.56 Å². The molecule has 19 heavy (non-hydrogen) atoms. The van der Waals surface area contributed by atoms with Crippen LogP contribution in [0, 0.1) is 5.82 Å². The van der Waals surface area contributed by atoms with Crippen LogP contribution in [-0.4, -0.2) is 29.8 Å². The SMILES string of the molecule is CCCC[C@@H](C(=O)c1ccc(F)cc1)N1CCCC1. The molecule has 0 amide bonds. The largest absolute Gasteiger partial charge is 0.293 e.